The van der Waals surface area contributed by atoms with Crippen LogP contribution in [-0.2, 0) is 5.54 Å². The fourth-order valence-electron chi connectivity index (χ4n) is 1.13. The van der Waals surface area contributed by atoms with Crippen LogP contribution < -0.4 is 5.73 Å². The highest BCUT2D eigenvalue weighted by Gasteiger charge is 2.22. The van der Waals surface area contributed by atoms with Crippen LogP contribution in [0.15, 0.2) is 18.2 Å². The van der Waals surface area contributed by atoms with Gasteiger partial charge in [0.15, 0.2) is 0 Å². The monoisotopic (exact) mass is 201 g/mol. The summed E-state index contributed by atoms with van der Waals surface area (Å²) in [7, 11) is 0. The Hall–Kier alpha value is -0.600. The third-order valence-corrected chi connectivity index (χ3v) is 2.51. The van der Waals surface area contributed by atoms with Gasteiger partial charge in [0.05, 0.1) is 0 Å². The summed E-state index contributed by atoms with van der Waals surface area (Å²) in [6.07, 6.45) is 0.671. The van der Waals surface area contributed by atoms with Crippen molar-refractivity contribution in [2.75, 3.05) is 0 Å². The standard InChI is InChI=1S/C10H13ClFN/c1-3-10(2,13)8-6-7(11)4-5-9(8)12/h4-6H,3,13H2,1-2H3. The Morgan fingerprint density at radius 2 is 2.15 bits per heavy atom. The van der Waals surface area contributed by atoms with Crippen LogP contribution in [0.4, 0.5) is 4.39 Å². The molecule has 1 atom stereocenters. The summed E-state index contributed by atoms with van der Waals surface area (Å²) in [5, 5.41) is 0.515. The van der Waals surface area contributed by atoms with E-state index in [-0.39, 0.29) is 5.82 Å². The maximum Gasteiger partial charge on any atom is 0.128 e. The van der Waals surface area contributed by atoms with Crippen molar-refractivity contribution in [3.8, 4) is 0 Å². The van der Waals surface area contributed by atoms with E-state index >= 15 is 0 Å². The number of benzene rings is 1. The lowest BCUT2D eigenvalue weighted by molar-refractivity contribution is 0.446. The molecule has 72 valence electrons. The molecule has 0 spiro atoms. The van der Waals surface area contributed by atoms with Gasteiger partial charge in [-0.3, -0.25) is 0 Å². The Labute approximate surface area is 82.7 Å². The highest BCUT2D eigenvalue weighted by Crippen LogP contribution is 2.26. The van der Waals surface area contributed by atoms with Crippen LogP contribution in [0.25, 0.3) is 0 Å². The first-order chi connectivity index (χ1) is 5.97. The minimum absolute atomic E-state index is 0.295. The molecule has 0 aromatic heterocycles. The maximum absolute atomic E-state index is 13.3. The molecule has 1 nitrogen and oxygen atoms in total. The average molecular weight is 202 g/mol. The zero-order valence-corrected chi connectivity index (χ0v) is 8.53. The second-order valence-corrected chi connectivity index (χ2v) is 3.83. The van der Waals surface area contributed by atoms with E-state index < -0.39 is 5.54 Å². The summed E-state index contributed by atoms with van der Waals surface area (Å²) >= 11 is 5.76. The first-order valence-electron chi connectivity index (χ1n) is 4.22. The third kappa shape index (κ3) is 2.20. The van der Waals surface area contributed by atoms with Gasteiger partial charge >= 0.3 is 0 Å². The fraction of sp³-hybridized carbons (Fsp3) is 0.400. The van der Waals surface area contributed by atoms with Crippen molar-refractivity contribution in [1.82, 2.24) is 0 Å². The van der Waals surface area contributed by atoms with Gasteiger partial charge in [0.25, 0.3) is 0 Å². The maximum atomic E-state index is 13.3. The predicted octanol–water partition coefficient (Wildman–Crippen LogP) is 3.06. The highest BCUT2D eigenvalue weighted by molar-refractivity contribution is 6.30. The van der Waals surface area contributed by atoms with E-state index in [9.17, 15) is 4.39 Å². The van der Waals surface area contributed by atoms with Crippen molar-refractivity contribution >= 4 is 11.6 Å². The first kappa shape index (κ1) is 10.5. The van der Waals surface area contributed by atoms with Gasteiger partial charge in [-0.25, -0.2) is 4.39 Å². The number of nitrogens with two attached hydrogens (primary N) is 1. The van der Waals surface area contributed by atoms with Gasteiger partial charge in [0.2, 0.25) is 0 Å². The summed E-state index contributed by atoms with van der Waals surface area (Å²) in [5.74, 6) is -0.295. The van der Waals surface area contributed by atoms with Gasteiger partial charge in [0.1, 0.15) is 5.82 Å². The zero-order valence-electron chi connectivity index (χ0n) is 7.77. The van der Waals surface area contributed by atoms with Crippen LogP contribution >= 0.6 is 11.6 Å². The number of rotatable bonds is 2. The average Bonchev–Trinajstić information content (AvgIpc) is 2.09. The summed E-state index contributed by atoms with van der Waals surface area (Å²) in [6.45, 7) is 3.71. The molecule has 0 amide bonds. The quantitative estimate of drug-likeness (QED) is 0.782. The SMILES string of the molecule is CCC(C)(N)c1cc(Cl)ccc1F. The molecule has 1 aromatic carbocycles. The van der Waals surface area contributed by atoms with Crippen LogP contribution in [0.3, 0.4) is 0 Å². The lowest BCUT2D eigenvalue weighted by Crippen LogP contribution is -2.33. The van der Waals surface area contributed by atoms with Crippen molar-refractivity contribution in [2.45, 2.75) is 25.8 Å². The molecule has 1 rings (SSSR count). The van der Waals surface area contributed by atoms with Crippen molar-refractivity contribution in [1.29, 1.82) is 0 Å². The van der Waals surface area contributed by atoms with Crippen LogP contribution in [0.1, 0.15) is 25.8 Å². The minimum atomic E-state index is -0.644. The predicted molar refractivity (Wildman–Crippen MR) is 53.2 cm³/mol. The Morgan fingerprint density at radius 3 is 2.69 bits per heavy atom. The van der Waals surface area contributed by atoms with Gasteiger partial charge in [-0.05, 0) is 31.5 Å². The van der Waals surface area contributed by atoms with Gasteiger partial charge in [-0.15, -0.1) is 0 Å². The Kier molecular flexibility index (Phi) is 2.94. The first-order valence-corrected chi connectivity index (χ1v) is 4.59. The number of hydrogen-bond acceptors (Lipinski definition) is 1. The van der Waals surface area contributed by atoms with Gasteiger partial charge < -0.3 is 5.73 Å². The van der Waals surface area contributed by atoms with E-state index in [0.29, 0.717) is 17.0 Å². The molecule has 1 aromatic rings. The smallest absolute Gasteiger partial charge is 0.128 e. The van der Waals surface area contributed by atoms with Crippen LogP contribution in [0.5, 0.6) is 0 Å². The van der Waals surface area contributed by atoms with E-state index in [1.807, 2.05) is 6.92 Å². The molecule has 0 fully saturated rings. The Morgan fingerprint density at radius 1 is 1.54 bits per heavy atom. The summed E-state index contributed by atoms with van der Waals surface area (Å²) in [4.78, 5) is 0. The lowest BCUT2D eigenvalue weighted by Gasteiger charge is -2.23. The van der Waals surface area contributed by atoms with Gasteiger partial charge in [-0.1, -0.05) is 18.5 Å². The fourth-order valence-corrected chi connectivity index (χ4v) is 1.30. The summed E-state index contributed by atoms with van der Waals surface area (Å²) in [5.41, 5.74) is 5.74. The molecule has 0 radical (unpaired) electrons. The molecule has 0 aliphatic carbocycles. The molecule has 0 saturated carbocycles. The summed E-state index contributed by atoms with van der Waals surface area (Å²) in [6, 6.07) is 4.45. The summed E-state index contributed by atoms with van der Waals surface area (Å²) < 4.78 is 13.3. The second kappa shape index (κ2) is 3.64. The Balaban J connectivity index is 3.20. The van der Waals surface area contributed by atoms with E-state index in [4.69, 9.17) is 17.3 Å². The minimum Gasteiger partial charge on any atom is -0.322 e. The van der Waals surface area contributed by atoms with Crippen molar-refractivity contribution < 1.29 is 4.39 Å². The van der Waals surface area contributed by atoms with E-state index in [1.54, 1.807) is 13.0 Å². The molecule has 0 aliphatic heterocycles. The van der Waals surface area contributed by atoms with Crippen molar-refractivity contribution in [3.05, 3.63) is 34.6 Å². The van der Waals surface area contributed by atoms with Crippen LogP contribution in [0.2, 0.25) is 5.02 Å². The highest BCUT2D eigenvalue weighted by atomic mass is 35.5. The Bertz CT molecular complexity index is 310. The third-order valence-electron chi connectivity index (χ3n) is 2.28. The molecular weight excluding hydrogens is 189 g/mol. The van der Waals surface area contributed by atoms with Crippen molar-refractivity contribution in [3.63, 3.8) is 0 Å². The topological polar surface area (TPSA) is 26.0 Å². The largest absolute Gasteiger partial charge is 0.322 e. The normalized spacial score (nSPS) is 15.5. The van der Waals surface area contributed by atoms with E-state index in [2.05, 4.69) is 0 Å². The van der Waals surface area contributed by atoms with Gasteiger partial charge in [0, 0.05) is 16.1 Å². The van der Waals surface area contributed by atoms with E-state index in [0.717, 1.165) is 0 Å². The van der Waals surface area contributed by atoms with Crippen molar-refractivity contribution in [2.24, 2.45) is 5.73 Å². The second-order valence-electron chi connectivity index (χ2n) is 3.40. The lowest BCUT2D eigenvalue weighted by atomic mass is 9.90. The van der Waals surface area contributed by atoms with E-state index in [1.165, 1.54) is 12.1 Å². The number of halogens is 2. The molecule has 0 aliphatic rings. The molecule has 0 saturated heterocycles. The molecule has 0 heterocycles. The molecule has 1 unspecified atom stereocenters. The molecule has 13 heavy (non-hydrogen) atoms. The zero-order chi connectivity index (χ0) is 10.1. The number of hydrogen-bond donors (Lipinski definition) is 1. The molecule has 0 bridgehead atoms. The van der Waals surface area contributed by atoms with Gasteiger partial charge in [-0.2, -0.15) is 0 Å². The van der Waals surface area contributed by atoms with Crippen LogP contribution in [0, 0.1) is 5.82 Å². The molecule has 2 N–H and O–H groups in total. The molecule has 3 heteroatoms. The molecular formula is C10H13ClFN. The van der Waals surface area contributed by atoms with Crippen LogP contribution in [-0.4, -0.2) is 0 Å².